The summed E-state index contributed by atoms with van der Waals surface area (Å²) in [5, 5.41) is 4.02. The summed E-state index contributed by atoms with van der Waals surface area (Å²) >= 11 is 0. The van der Waals surface area contributed by atoms with Crippen molar-refractivity contribution in [3.8, 4) is 11.4 Å². The molecule has 0 aliphatic rings. The van der Waals surface area contributed by atoms with Crippen molar-refractivity contribution in [3.63, 3.8) is 0 Å². The lowest BCUT2D eigenvalue weighted by atomic mass is 10.2. The SMILES string of the molecule is Cc1cc(C=O)c(=O)n(-c2ccccc2OCC(F)F)n1. The topological polar surface area (TPSA) is 61.2 Å². The molecule has 1 aromatic heterocycles. The van der Waals surface area contributed by atoms with E-state index >= 15 is 0 Å². The van der Waals surface area contributed by atoms with E-state index in [1.807, 2.05) is 0 Å². The van der Waals surface area contributed by atoms with Crippen LogP contribution in [0.15, 0.2) is 35.1 Å². The summed E-state index contributed by atoms with van der Waals surface area (Å²) in [6.07, 6.45) is -2.21. The van der Waals surface area contributed by atoms with Gasteiger partial charge in [-0.3, -0.25) is 9.59 Å². The van der Waals surface area contributed by atoms with Crippen LogP contribution in [0.3, 0.4) is 0 Å². The number of hydrogen-bond donors (Lipinski definition) is 0. The lowest BCUT2D eigenvalue weighted by molar-refractivity contribution is 0.0818. The number of nitrogens with zero attached hydrogens (tertiary/aromatic N) is 2. The molecule has 0 N–H and O–H groups in total. The van der Waals surface area contributed by atoms with Crippen LogP contribution in [0.5, 0.6) is 5.75 Å². The zero-order valence-corrected chi connectivity index (χ0v) is 11.1. The molecule has 0 radical (unpaired) electrons. The van der Waals surface area contributed by atoms with Crippen LogP contribution in [-0.2, 0) is 0 Å². The quantitative estimate of drug-likeness (QED) is 0.791. The minimum atomic E-state index is -2.63. The van der Waals surface area contributed by atoms with Gasteiger partial charge in [-0.05, 0) is 25.1 Å². The fourth-order valence-electron chi connectivity index (χ4n) is 1.80. The van der Waals surface area contributed by atoms with E-state index in [0.717, 1.165) is 4.68 Å². The summed E-state index contributed by atoms with van der Waals surface area (Å²) in [6, 6.07) is 7.51. The van der Waals surface area contributed by atoms with Crippen molar-refractivity contribution < 1.29 is 18.3 Å². The lowest BCUT2D eigenvalue weighted by Gasteiger charge is -2.12. The Morgan fingerprint density at radius 1 is 1.38 bits per heavy atom. The molecule has 0 bridgehead atoms. The van der Waals surface area contributed by atoms with Gasteiger partial charge >= 0.3 is 0 Å². The molecule has 0 fully saturated rings. The van der Waals surface area contributed by atoms with Gasteiger partial charge in [0, 0.05) is 0 Å². The first-order valence-corrected chi connectivity index (χ1v) is 6.09. The van der Waals surface area contributed by atoms with Gasteiger partial charge in [-0.15, -0.1) is 0 Å². The Bertz CT molecular complexity index is 714. The number of carbonyl (C=O) groups is 1. The van der Waals surface area contributed by atoms with Crippen molar-refractivity contribution in [1.29, 1.82) is 0 Å². The zero-order chi connectivity index (χ0) is 15.4. The number of benzene rings is 1. The predicted octanol–water partition coefficient (Wildman–Crippen LogP) is 2.00. The number of rotatable bonds is 5. The molecule has 0 spiro atoms. The highest BCUT2D eigenvalue weighted by Crippen LogP contribution is 2.21. The van der Waals surface area contributed by atoms with Crippen LogP contribution in [0.2, 0.25) is 0 Å². The molecule has 0 unspecified atom stereocenters. The molecule has 2 rings (SSSR count). The van der Waals surface area contributed by atoms with E-state index in [-0.39, 0.29) is 17.0 Å². The van der Waals surface area contributed by atoms with Gasteiger partial charge in [0.15, 0.2) is 6.29 Å². The van der Waals surface area contributed by atoms with Crippen LogP contribution < -0.4 is 10.3 Å². The van der Waals surface area contributed by atoms with Crippen LogP contribution in [-0.4, -0.2) is 29.1 Å². The Hall–Kier alpha value is -2.57. The first-order valence-electron chi connectivity index (χ1n) is 6.09. The monoisotopic (exact) mass is 294 g/mol. The third-order valence-electron chi connectivity index (χ3n) is 2.65. The summed E-state index contributed by atoms with van der Waals surface area (Å²) in [4.78, 5) is 23.0. The highest BCUT2D eigenvalue weighted by atomic mass is 19.3. The maximum Gasteiger partial charge on any atom is 0.282 e. The summed E-state index contributed by atoms with van der Waals surface area (Å²) in [7, 11) is 0. The molecule has 0 aliphatic heterocycles. The first kappa shape index (κ1) is 14.8. The van der Waals surface area contributed by atoms with Gasteiger partial charge in [-0.2, -0.15) is 9.78 Å². The normalized spacial score (nSPS) is 10.7. The highest BCUT2D eigenvalue weighted by molar-refractivity contribution is 5.74. The minimum Gasteiger partial charge on any atom is -0.485 e. The van der Waals surface area contributed by atoms with Crippen molar-refractivity contribution in [2.24, 2.45) is 0 Å². The number of alkyl halides is 2. The van der Waals surface area contributed by atoms with E-state index in [1.165, 1.54) is 18.2 Å². The van der Waals surface area contributed by atoms with E-state index in [1.54, 1.807) is 19.1 Å². The molecule has 2 aromatic rings. The van der Waals surface area contributed by atoms with Gasteiger partial charge in [0.1, 0.15) is 18.0 Å². The van der Waals surface area contributed by atoms with Gasteiger partial charge in [-0.25, -0.2) is 8.78 Å². The third kappa shape index (κ3) is 3.31. The lowest BCUT2D eigenvalue weighted by Crippen LogP contribution is -2.26. The Balaban J connectivity index is 2.54. The average molecular weight is 294 g/mol. The van der Waals surface area contributed by atoms with Crippen molar-refractivity contribution in [2.75, 3.05) is 6.61 Å². The number of aldehydes is 1. The molecule has 110 valence electrons. The number of para-hydroxylation sites is 2. The van der Waals surface area contributed by atoms with Gasteiger partial charge in [0.2, 0.25) is 0 Å². The number of hydrogen-bond acceptors (Lipinski definition) is 4. The number of aromatic nitrogens is 2. The third-order valence-corrected chi connectivity index (χ3v) is 2.65. The van der Waals surface area contributed by atoms with Gasteiger partial charge < -0.3 is 4.74 Å². The standard InChI is InChI=1S/C14H12F2N2O3/c1-9-6-10(7-19)14(20)18(17-9)11-4-2-3-5-12(11)21-8-13(15)16/h2-7,13H,8H2,1H3. The first-order chi connectivity index (χ1) is 10.0. The largest absolute Gasteiger partial charge is 0.485 e. The number of halogens is 2. The Labute approximate surface area is 118 Å². The van der Waals surface area contributed by atoms with Crippen LogP contribution >= 0.6 is 0 Å². The summed E-state index contributed by atoms with van der Waals surface area (Å²) < 4.78 is 30.5. The van der Waals surface area contributed by atoms with Gasteiger partial charge in [0.25, 0.3) is 12.0 Å². The smallest absolute Gasteiger partial charge is 0.282 e. The maximum atomic E-state index is 12.3. The summed E-state index contributed by atoms with van der Waals surface area (Å²) in [6.45, 7) is 0.823. The van der Waals surface area contributed by atoms with Crippen LogP contribution in [0, 0.1) is 6.92 Å². The molecule has 5 nitrogen and oxygen atoms in total. The van der Waals surface area contributed by atoms with Crippen molar-refractivity contribution >= 4 is 6.29 Å². The van der Waals surface area contributed by atoms with Gasteiger partial charge in [0.05, 0.1) is 11.3 Å². The highest BCUT2D eigenvalue weighted by Gasteiger charge is 2.13. The Morgan fingerprint density at radius 2 is 2.10 bits per heavy atom. The van der Waals surface area contributed by atoms with Crippen molar-refractivity contribution in [3.05, 3.63) is 51.9 Å². The van der Waals surface area contributed by atoms with Crippen LogP contribution in [0.4, 0.5) is 8.78 Å². The number of aryl methyl sites for hydroxylation is 1. The van der Waals surface area contributed by atoms with Crippen molar-refractivity contribution in [1.82, 2.24) is 9.78 Å². The minimum absolute atomic E-state index is 0.0637. The zero-order valence-electron chi connectivity index (χ0n) is 11.1. The molecule has 0 saturated carbocycles. The molecule has 0 amide bonds. The second kappa shape index (κ2) is 6.25. The Kier molecular flexibility index (Phi) is 4.42. The molecule has 0 atom stereocenters. The fourth-order valence-corrected chi connectivity index (χ4v) is 1.80. The molecule has 21 heavy (non-hydrogen) atoms. The second-order valence-corrected chi connectivity index (χ2v) is 4.25. The van der Waals surface area contributed by atoms with Crippen molar-refractivity contribution in [2.45, 2.75) is 13.3 Å². The Morgan fingerprint density at radius 3 is 2.76 bits per heavy atom. The van der Waals surface area contributed by atoms with E-state index in [4.69, 9.17) is 4.74 Å². The maximum absolute atomic E-state index is 12.3. The number of ether oxygens (including phenoxy) is 1. The molecular formula is C14H12F2N2O3. The van der Waals surface area contributed by atoms with Crippen LogP contribution in [0.1, 0.15) is 16.1 Å². The van der Waals surface area contributed by atoms with E-state index in [2.05, 4.69) is 5.10 Å². The molecule has 7 heteroatoms. The van der Waals surface area contributed by atoms with E-state index in [0.29, 0.717) is 12.0 Å². The van der Waals surface area contributed by atoms with Crippen LogP contribution in [0.25, 0.3) is 5.69 Å². The average Bonchev–Trinajstić information content (AvgIpc) is 2.47. The fraction of sp³-hybridized carbons (Fsp3) is 0.214. The number of carbonyl (C=O) groups excluding carboxylic acids is 1. The van der Waals surface area contributed by atoms with E-state index < -0.39 is 18.6 Å². The molecule has 1 aromatic carbocycles. The summed E-state index contributed by atoms with van der Waals surface area (Å²) in [5.74, 6) is 0.0925. The molecule has 0 aliphatic carbocycles. The molecular weight excluding hydrogens is 282 g/mol. The second-order valence-electron chi connectivity index (χ2n) is 4.25. The predicted molar refractivity (Wildman–Crippen MR) is 71.5 cm³/mol. The van der Waals surface area contributed by atoms with E-state index in [9.17, 15) is 18.4 Å². The summed E-state index contributed by atoms with van der Waals surface area (Å²) in [5.41, 5.74) is -0.0508. The van der Waals surface area contributed by atoms with Gasteiger partial charge in [-0.1, -0.05) is 12.1 Å². The molecule has 0 saturated heterocycles. The molecule has 1 heterocycles.